The van der Waals surface area contributed by atoms with Gasteiger partial charge in [0.1, 0.15) is 0 Å². The van der Waals surface area contributed by atoms with Crippen LogP contribution >= 0.6 is 12.4 Å². The molecule has 1 aliphatic rings. The topological polar surface area (TPSA) is 47.1 Å². The fourth-order valence-electron chi connectivity index (χ4n) is 2.73. The molecular weight excluding hydrogens is 260 g/mol. The summed E-state index contributed by atoms with van der Waals surface area (Å²) in [6, 6.07) is 0.974. The molecule has 4 nitrogen and oxygen atoms in total. The number of hydrogen-bond donors (Lipinski definition) is 1. The van der Waals surface area contributed by atoms with E-state index >= 15 is 0 Å². The van der Waals surface area contributed by atoms with Crippen molar-refractivity contribution in [2.24, 2.45) is 11.7 Å². The Morgan fingerprint density at radius 1 is 1.47 bits per heavy atom. The summed E-state index contributed by atoms with van der Waals surface area (Å²) in [7, 11) is 0. The number of nitrogens with two attached hydrogens (primary N) is 1. The zero-order chi connectivity index (χ0) is 13.1. The van der Waals surface area contributed by atoms with E-state index in [0.717, 1.165) is 25.6 Å². The third kappa shape index (κ3) is 4.20. The van der Waals surface area contributed by atoms with Crippen LogP contribution in [0.4, 0.5) is 0 Å². The Balaban J connectivity index is 0.00000180. The van der Waals surface area contributed by atoms with Gasteiger partial charge in [0, 0.05) is 36.9 Å². The quantitative estimate of drug-likeness (QED) is 0.925. The minimum atomic E-state index is 0. The van der Waals surface area contributed by atoms with Gasteiger partial charge in [-0.05, 0) is 39.2 Å². The summed E-state index contributed by atoms with van der Waals surface area (Å²) in [6.07, 6.45) is 6.67. The molecule has 0 spiro atoms. The van der Waals surface area contributed by atoms with E-state index in [0.29, 0.717) is 12.1 Å². The summed E-state index contributed by atoms with van der Waals surface area (Å²) in [5, 5.41) is 4.41. The zero-order valence-corrected chi connectivity index (χ0v) is 13.1. The van der Waals surface area contributed by atoms with Gasteiger partial charge in [-0.1, -0.05) is 6.92 Å². The summed E-state index contributed by atoms with van der Waals surface area (Å²) in [5.74, 6) is 0.813. The van der Waals surface area contributed by atoms with E-state index in [1.807, 2.05) is 10.9 Å². The van der Waals surface area contributed by atoms with Crippen LogP contribution in [-0.2, 0) is 6.54 Å². The van der Waals surface area contributed by atoms with E-state index in [4.69, 9.17) is 5.73 Å². The monoisotopic (exact) mass is 286 g/mol. The normalized spacial score (nSPS) is 24.5. The molecule has 0 aromatic carbocycles. The van der Waals surface area contributed by atoms with Crippen molar-refractivity contribution in [2.45, 2.75) is 52.2 Å². The third-order valence-corrected chi connectivity index (χ3v) is 3.94. The van der Waals surface area contributed by atoms with Gasteiger partial charge >= 0.3 is 0 Å². The molecule has 2 N–H and O–H groups in total. The van der Waals surface area contributed by atoms with Crippen molar-refractivity contribution >= 4 is 12.4 Å². The first-order valence-electron chi connectivity index (χ1n) is 7.07. The molecule has 19 heavy (non-hydrogen) atoms. The maximum atomic E-state index is 5.90. The van der Waals surface area contributed by atoms with Crippen LogP contribution in [0.1, 0.15) is 45.2 Å². The minimum Gasteiger partial charge on any atom is -0.329 e. The van der Waals surface area contributed by atoms with Gasteiger partial charge in [-0.3, -0.25) is 9.58 Å². The molecule has 0 aliphatic carbocycles. The van der Waals surface area contributed by atoms with Gasteiger partial charge in [0.2, 0.25) is 0 Å². The number of piperidine rings is 1. The summed E-state index contributed by atoms with van der Waals surface area (Å²) in [5.41, 5.74) is 7.20. The predicted molar refractivity (Wildman–Crippen MR) is 81.5 cm³/mol. The Bertz CT molecular complexity index is 377. The van der Waals surface area contributed by atoms with Crippen molar-refractivity contribution in [3.05, 3.63) is 18.0 Å². The number of halogens is 1. The zero-order valence-electron chi connectivity index (χ0n) is 12.2. The Hall–Kier alpha value is -0.580. The Morgan fingerprint density at radius 2 is 2.21 bits per heavy atom. The summed E-state index contributed by atoms with van der Waals surface area (Å²) >= 11 is 0. The molecule has 1 aromatic heterocycles. The van der Waals surface area contributed by atoms with Crippen LogP contribution in [0.2, 0.25) is 0 Å². The maximum Gasteiger partial charge on any atom is 0.0534 e. The average molecular weight is 287 g/mol. The molecule has 1 aromatic rings. The molecule has 1 saturated heterocycles. The van der Waals surface area contributed by atoms with Crippen molar-refractivity contribution in [3.8, 4) is 0 Å². The van der Waals surface area contributed by atoms with Crippen molar-refractivity contribution in [2.75, 3.05) is 13.1 Å². The highest BCUT2D eigenvalue weighted by molar-refractivity contribution is 5.85. The highest BCUT2D eigenvalue weighted by Crippen LogP contribution is 2.23. The van der Waals surface area contributed by atoms with Gasteiger partial charge in [0.25, 0.3) is 0 Å². The van der Waals surface area contributed by atoms with Crippen LogP contribution in [0.3, 0.4) is 0 Å². The van der Waals surface area contributed by atoms with E-state index in [1.54, 1.807) is 0 Å². The number of aromatic nitrogens is 2. The summed E-state index contributed by atoms with van der Waals surface area (Å²) in [6.45, 7) is 9.56. The van der Waals surface area contributed by atoms with Gasteiger partial charge in [0.15, 0.2) is 0 Å². The number of likely N-dealkylation sites (tertiary alicyclic amines) is 1. The van der Waals surface area contributed by atoms with E-state index in [-0.39, 0.29) is 12.4 Å². The van der Waals surface area contributed by atoms with Gasteiger partial charge in [-0.2, -0.15) is 5.10 Å². The lowest BCUT2D eigenvalue weighted by molar-refractivity contribution is 0.115. The van der Waals surface area contributed by atoms with E-state index in [9.17, 15) is 0 Å². The third-order valence-electron chi connectivity index (χ3n) is 3.94. The molecule has 2 heterocycles. The largest absolute Gasteiger partial charge is 0.329 e. The molecule has 5 heteroatoms. The molecule has 0 saturated carbocycles. The highest BCUT2D eigenvalue weighted by atomic mass is 35.5. The SMILES string of the molecule is CC1CCN(Cc2cnn(C(C)C)c2)C(CN)C1.Cl. The first-order valence-corrected chi connectivity index (χ1v) is 7.07. The second-order valence-corrected chi connectivity index (χ2v) is 5.91. The molecule has 0 amide bonds. The van der Waals surface area contributed by atoms with Crippen molar-refractivity contribution in [1.82, 2.24) is 14.7 Å². The highest BCUT2D eigenvalue weighted by Gasteiger charge is 2.25. The molecule has 0 radical (unpaired) electrons. The standard InChI is InChI=1S/C14H26N4.ClH/c1-11(2)18-10-13(8-16-18)9-17-5-4-12(3)6-14(17)7-15;/h8,10-12,14H,4-7,9,15H2,1-3H3;1H. The Labute approximate surface area is 122 Å². The maximum absolute atomic E-state index is 5.90. The molecule has 2 rings (SSSR count). The average Bonchev–Trinajstić information content (AvgIpc) is 2.80. The lowest BCUT2D eigenvalue weighted by atomic mass is 9.92. The summed E-state index contributed by atoms with van der Waals surface area (Å²) in [4.78, 5) is 2.52. The van der Waals surface area contributed by atoms with Crippen molar-refractivity contribution < 1.29 is 0 Å². The fraction of sp³-hybridized carbons (Fsp3) is 0.786. The molecule has 2 atom stereocenters. The molecule has 1 fully saturated rings. The van der Waals surface area contributed by atoms with E-state index < -0.39 is 0 Å². The molecular formula is C14H27ClN4. The van der Waals surface area contributed by atoms with E-state index in [1.165, 1.54) is 18.4 Å². The summed E-state index contributed by atoms with van der Waals surface area (Å²) < 4.78 is 2.03. The van der Waals surface area contributed by atoms with E-state index in [2.05, 4.69) is 37.0 Å². The smallest absolute Gasteiger partial charge is 0.0534 e. The first-order chi connectivity index (χ1) is 8.60. The lowest BCUT2D eigenvalue weighted by Crippen LogP contribution is -2.45. The van der Waals surface area contributed by atoms with Crippen LogP contribution in [0, 0.1) is 5.92 Å². The Kier molecular flexibility index (Phi) is 6.30. The van der Waals surface area contributed by atoms with Crippen molar-refractivity contribution in [3.63, 3.8) is 0 Å². The molecule has 1 aliphatic heterocycles. The Morgan fingerprint density at radius 3 is 2.79 bits per heavy atom. The second kappa shape index (κ2) is 7.27. The number of rotatable bonds is 4. The molecule has 2 unspecified atom stereocenters. The predicted octanol–water partition coefficient (Wildman–Crippen LogP) is 2.44. The van der Waals surface area contributed by atoms with Crippen LogP contribution in [0.5, 0.6) is 0 Å². The molecule has 110 valence electrons. The second-order valence-electron chi connectivity index (χ2n) is 5.91. The van der Waals surface area contributed by atoms with Gasteiger partial charge in [-0.25, -0.2) is 0 Å². The number of hydrogen-bond acceptors (Lipinski definition) is 3. The van der Waals surface area contributed by atoms with Gasteiger partial charge in [-0.15, -0.1) is 12.4 Å². The van der Waals surface area contributed by atoms with Crippen LogP contribution in [0.15, 0.2) is 12.4 Å². The minimum absolute atomic E-state index is 0. The van der Waals surface area contributed by atoms with Crippen LogP contribution in [-0.4, -0.2) is 33.8 Å². The fourth-order valence-corrected chi connectivity index (χ4v) is 2.73. The van der Waals surface area contributed by atoms with Crippen LogP contribution < -0.4 is 5.73 Å². The van der Waals surface area contributed by atoms with Crippen LogP contribution in [0.25, 0.3) is 0 Å². The molecule has 0 bridgehead atoms. The van der Waals surface area contributed by atoms with Gasteiger partial charge < -0.3 is 5.73 Å². The van der Waals surface area contributed by atoms with Crippen molar-refractivity contribution in [1.29, 1.82) is 0 Å². The van der Waals surface area contributed by atoms with Gasteiger partial charge in [0.05, 0.1) is 6.20 Å². The number of nitrogens with zero attached hydrogens (tertiary/aromatic N) is 3. The lowest BCUT2D eigenvalue weighted by Gasteiger charge is -2.37. The first kappa shape index (κ1) is 16.5.